The van der Waals surface area contributed by atoms with Crippen LogP contribution in [0.15, 0.2) is 6.20 Å². The van der Waals surface area contributed by atoms with Crippen LogP contribution in [0.5, 0.6) is 0 Å². The SMILES string of the molecule is CCOC(=O)c1cnc2c(c(C)nn2C)c1NC1(C)CC1. The number of carbonyl (C=O) groups is 1. The van der Waals surface area contributed by atoms with Gasteiger partial charge in [0, 0.05) is 18.8 Å². The second kappa shape index (κ2) is 4.72. The standard InChI is InChI=1S/C15H20N4O2/c1-5-21-14(20)10-8-16-13-11(9(2)18-19(13)4)12(10)17-15(3)6-7-15/h8H,5-7H2,1-4H3,(H,16,17). The summed E-state index contributed by atoms with van der Waals surface area (Å²) in [6.45, 7) is 6.23. The smallest absolute Gasteiger partial charge is 0.341 e. The Balaban J connectivity index is 2.19. The van der Waals surface area contributed by atoms with E-state index in [0.717, 1.165) is 35.3 Å². The zero-order valence-electron chi connectivity index (χ0n) is 12.9. The molecule has 2 heterocycles. The van der Waals surface area contributed by atoms with Crippen molar-refractivity contribution in [1.29, 1.82) is 0 Å². The largest absolute Gasteiger partial charge is 0.462 e. The summed E-state index contributed by atoms with van der Waals surface area (Å²) in [4.78, 5) is 16.6. The van der Waals surface area contributed by atoms with E-state index in [4.69, 9.17) is 4.74 Å². The zero-order valence-corrected chi connectivity index (χ0v) is 12.9. The summed E-state index contributed by atoms with van der Waals surface area (Å²) in [6, 6.07) is 0. The topological polar surface area (TPSA) is 69.0 Å². The number of hydrogen-bond acceptors (Lipinski definition) is 5. The molecule has 1 aliphatic carbocycles. The van der Waals surface area contributed by atoms with Crippen molar-refractivity contribution < 1.29 is 9.53 Å². The Labute approximate surface area is 123 Å². The fraction of sp³-hybridized carbons (Fsp3) is 0.533. The number of nitrogens with one attached hydrogen (secondary N) is 1. The van der Waals surface area contributed by atoms with Gasteiger partial charge in [0.15, 0.2) is 5.65 Å². The van der Waals surface area contributed by atoms with Gasteiger partial charge in [-0.25, -0.2) is 9.78 Å². The van der Waals surface area contributed by atoms with Crippen molar-refractivity contribution >= 4 is 22.7 Å². The summed E-state index contributed by atoms with van der Waals surface area (Å²) in [5.41, 5.74) is 2.96. The average molecular weight is 288 g/mol. The summed E-state index contributed by atoms with van der Waals surface area (Å²) in [7, 11) is 1.86. The van der Waals surface area contributed by atoms with Crippen LogP contribution in [0.1, 0.15) is 42.7 Å². The number of rotatable bonds is 4. The lowest BCUT2D eigenvalue weighted by atomic mass is 10.1. The highest BCUT2D eigenvalue weighted by Crippen LogP contribution is 2.41. The lowest BCUT2D eigenvalue weighted by molar-refractivity contribution is 0.0527. The zero-order chi connectivity index (χ0) is 15.2. The summed E-state index contributed by atoms with van der Waals surface area (Å²) in [5, 5.41) is 8.81. The Morgan fingerprint density at radius 3 is 2.86 bits per heavy atom. The molecule has 0 bridgehead atoms. The molecule has 0 spiro atoms. The van der Waals surface area contributed by atoms with Crippen LogP contribution in [0.4, 0.5) is 5.69 Å². The maximum absolute atomic E-state index is 12.2. The van der Waals surface area contributed by atoms with Gasteiger partial charge in [0.05, 0.1) is 23.4 Å². The number of nitrogens with zero attached hydrogens (tertiary/aromatic N) is 3. The number of carbonyl (C=O) groups excluding carboxylic acids is 1. The second-order valence-corrected chi connectivity index (χ2v) is 5.86. The van der Waals surface area contributed by atoms with Crippen molar-refractivity contribution in [2.45, 2.75) is 39.2 Å². The maximum Gasteiger partial charge on any atom is 0.341 e. The Morgan fingerprint density at radius 1 is 1.52 bits per heavy atom. The highest BCUT2D eigenvalue weighted by molar-refractivity contribution is 6.05. The van der Waals surface area contributed by atoms with Crippen molar-refractivity contribution in [1.82, 2.24) is 14.8 Å². The third-order valence-electron chi connectivity index (χ3n) is 3.95. The Bertz CT molecular complexity index is 716. The van der Waals surface area contributed by atoms with E-state index >= 15 is 0 Å². The minimum Gasteiger partial charge on any atom is -0.462 e. The Morgan fingerprint density at radius 2 is 2.24 bits per heavy atom. The molecular weight excluding hydrogens is 268 g/mol. The highest BCUT2D eigenvalue weighted by Gasteiger charge is 2.39. The molecular formula is C15H20N4O2. The second-order valence-electron chi connectivity index (χ2n) is 5.86. The number of fused-ring (bicyclic) bond motifs is 1. The molecule has 0 atom stereocenters. The van der Waals surface area contributed by atoms with Crippen molar-refractivity contribution in [3.8, 4) is 0 Å². The molecule has 1 saturated carbocycles. The van der Waals surface area contributed by atoms with Gasteiger partial charge in [-0.2, -0.15) is 5.10 Å². The molecule has 3 rings (SSSR count). The molecule has 1 aliphatic rings. The molecule has 21 heavy (non-hydrogen) atoms. The van der Waals surface area contributed by atoms with Crippen LogP contribution < -0.4 is 5.32 Å². The van der Waals surface area contributed by atoms with Crippen LogP contribution in [0.2, 0.25) is 0 Å². The van der Waals surface area contributed by atoms with E-state index in [-0.39, 0.29) is 11.5 Å². The molecule has 0 unspecified atom stereocenters. The number of anilines is 1. The van der Waals surface area contributed by atoms with Crippen LogP contribution in [-0.2, 0) is 11.8 Å². The Kier molecular flexibility index (Phi) is 3.11. The normalized spacial score (nSPS) is 16.0. The monoisotopic (exact) mass is 288 g/mol. The van der Waals surface area contributed by atoms with Gasteiger partial charge in [-0.05, 0) is 33.6 Å². The first-order valence-corrected chi connectivity index (χ1v) is 7.23. The number of hydrogen-bond donors (Lipinski definition) is 1. The van der Waals surface area contributed by atoms with Crippen molar-refractivity contribution in [2.24, 2.45) is 7.05 Å². The average Bonchev–Trinajstić information content (AvgIpc) is 3.07. The van der Waals surface area contributed by atoms with Crippen LogP contribution in [-0.4, -0.2) is 32.9 Å². The fourth-order valence-corrected chi connectivity index (χ4v) is 2.52. The lowest BCUT2D eigenvalue weighted by Crippen LogP contribution is -2.20. The minimum atomic E-state index is -0.345. The summed E-state index contributed by atoms with van der Waals surface area (Å²) >= 11 is 0. The molecule has 0 saturated heterocycles. The van der Waals surface area contributed by atoms with Gasteiger partial charge in [0.2, 0.25) is 0 Å². The molecule has 1 fully saturated rings. The van der Waals surface area contributed by atoms with Crippen molar-refractivity contribution in [2.75, 3.05) is 11.9 Å². The first kappa shape index (κ1) is 13.9. The molecule has 0 aliphatic heterocycles. The van der Waals surface area contributed by atoms with E-state index in [1.54, 1.807) is 17.8 Å². The molecule has 2 aromatic heterocycles. The summed E-state index contributed by atoms with van der Waals surface area (Å²) in [5.74, 6) is -0.345. The quantitative estimate of drug-likeness (QED) is 0.875. The molecule has 2 aromatic rings. The summed E-state index contributed by atoms with van der Waals surface area (Å²) in [6.07, 6.45) is 3.77. The molecule has 112 valence electrons. The van der Waals surface area contributed by atoms with Crippen LogP contribution in [0, 0.1) is 6.92 Å². The van der Waals surface area contributed by atoms with E-state index in [1.807, 2.05) is 14.0 Å². The van der Waals surface area contributed by atoms with Gasteiger partial charge in [0.25, 0.3) is 0 Å². The van der Waals surface area contributed by atoms with E-state index in [1.165, 1.54) is 0 Å². The number of pyridine rings is 1. The van der Waals surface area contributed by atoms with Crippen molar-refractivity contribution in [3.05, 3.63) is 17.5 Å². The van der Waals surface area contributed by atoms with E-state index < -0.39 is 0 Å². The molecule has 0 radical (unpaired) electrons. The number of esters is 1. The van der Waals surface area contributed by atoms with E-state index in [9.17, 15) is 4.79 Å². The molecule has 0 amide bonds. The number of aromatic nitrogens is 3. The van der Waals surface area contributed by atoms with Crippen molar-refractivity contribution in [3.63, 3.8) is 0 Å². The van der Waals surface area contributed by atoms with Crippen LogP contribution in [0.25, 0.3) is 11.0 Å². The van der Waals surface area contributed by atoms with E-state index in [2.05, 4.69) is 22.3 Å². The van der Waals surface area contributed by atoms with Gasteiger partial charge in [-0.15, -0.1) is 0 Å². The molecule has 0 aromatic carbocycles. The predicted octanol–water partition coefficient (Wildman–Crippen LogP) is 2.42. The first-order chi connectivity index (χ1) is 9.95. The van der Waals surface area contributed by atoms with Crippen LogP contribution >= 0.6 is 0 Å². The number of aryl methyl sites for hydroxylation is 2. The minimum absolute atomic E-state index is 0.0534. The van der Waals surface area contributed by atoms with Gasteiger partial charge in [0.1, 0.15) is 5.56 Å². The van der Waals surface area contributed by atoms with E-state index in [0.29, 0.717) is 12.2 Å². The third kappa shape index (κ3) is 2.34. The third-order valence-corrected chi connectivity index (χ3v) is 3.95. The molecule has 6 nitrogen and oxygen atoms in total. The fourth-order valence-electron chi connectivity index (χ4n) is 2.52. The van der Waals surface area contributed by atoms with Gasteiger partial charge in [-0.1, -0.05) is 0 Å². The maximum atomic E-state index is 12.2. The van der Waals surface area contributed by atoms with Gasteiger partial charge in [-0.3, -0.25) is 4.68 Å². The molecule has 1 N–H and O–H groups in total. The molecule has 6 heteroatoms. The predicted molar refractivity (Wildman–Crippen MR) is 80.5 cm³/mol. The highest BCUT2D eigenvalue weighted by atomic mass is 16.5. The summed E-state index contributed by atoms with van der Waals surface area (Å²) < 4.78 is 6.89. The first-order valence-electron chi connectivity index (χ1n) is 7.23. The number of ether oxygens (including phenoxy) is 1. The van der Waals surface area contributed by atoms with Crippen LogP contribution in [0.3, 0.4) is 0 Å². The lowest BCUT2D eigenvalue weighted by Gasteiger charge is -2.17. The van der Waals surface area contributed by atoms with Gasteiger partial charge < -0.3 is 10.1 Å². The van der Waals surface area contributed by atoms with Gasteiger partial charge >= 0.3 is 5.97 Å². The Hall–Kier alpha value is -2.11.